The first kappa shape index (κ1) is 16.9. The predicted octanol–water partition coefficient (Wildman–Crippen LogP) is 0.777. The number of hydrogen-bond donors (Lipinski definition) is 3. The van der Waals surface area contributed by atoms with Crippen molar-refractivity contribution < 1.29 is 14.3 Å². The lowest BCUT2D eigenvalue weighted by atomic mass is 10.1. The summed E-state index contributed by atoms with van der Waals surface area (Å²) in [6, 6.07) is 6.86. The molecule has 0 fully saturated rings. The van der Waals surface area contributed by atoms with Crippen LogP contribution in [0.25, 0.3) is 0 Å². The molecule has 2 amide bonds. The minimum Gasteiger partial charge on any atom is -0.383 e. The average molecular weight is 291 g/mol. The molecule has 0 bridgehead atoms. The minimum atomic E-state index is -0.252. The van der Waals surface area contributed by atoms with Gasteiger partial charge in [-0.05, 0) is 12.1 Å². The van der Waals surface area contributed by atoms with Crippen molar-refractivity contribution in [1.29, 1.82) is 0 Å². The zero-order valence-corrected chi connectivity index (χ0v) is 12.1. The Balaban J connectivity index is 2.59. The molecule has 0 aliphatic carbocycles. The van der Waals surface area contributed by atoms with E-state index in [-0.39, 0.29) is 18.4 Å². The monoisotopic (exact) mass is 291 g/mol. The molecule has 0 atom stereocenters. The van der Waals surface area contributed by atoms with Crippen molar-refractivity contribution in [3.63, 3.8) is 0 Å². The van der Waals surface area contributed by atoms with Crippen molar-refractivity contribution in [3.8, 4) is 0 Å². The van der Waals surface area contributed by atoms with E-state index in [1.807, 2.05) is 0 Å². The second-order valence-corrected chi connectivity index (χ2v) is 4.26. The summed E-state index contributed by atoms with van der Waals surface area (Å²) in [5.74, 6) is -0.465. The van der Waals surface area contributed by atoms with Gasteiger partial charge in [0, 0.05) is 20.2 Å². The first-order valence-electron chi connectivity index (χ1n) is 6.66. The highest BCUT2D eigenvalue weighted by Gasteiger charge is 2.11. The highest BCUT2D eigenvalue weighted by molar-refractivity contribution is 6.04. The van der Waals surface area contributed by atoms with E-state index in [2.05, 4.69) is 22.5 Å². The Bertz CT molecular complexity index is 489. The lowest BCUT2D eigenvalue weighted by Crippen LogP contribution is -2.31. The van der Waals surface area contributed by atoms with Crippen LogP contribution >= 0.6 is 0 Å². The molecule has 1 aromatic carbocycles. The van der Waals surface area contributed by atoms with Crippen molar-refractivity contribution in [2.75, 3.05) is 38.7 Å². The average Bonchev–Trinajstić information content (AvgIpc) is 2.50. The molecule has 0 spiro atoms. The summed E-state index contributed by atoms with van der Waals surface area (Å²) in [6.45, 7) is 5.20. The van der Waals surface area contributed by atoms with Gasteiger partial charge in [0.2, 0.25) is 5.91 Å². The molecule has 0 saturated heterocycles. The van der Waals surface area contributed by atoms with Gasteiger partial charge in [-0.15, -0.1) is 6.58 Å². The number of carbonyl (C=O) groups is 2. The largest absolute Gasteiger partial charge is 0.383 e. The Morgan fingerprint density at radius 3 is 2.81 bits per heavy atom. The highest BCUT2D eigenvalue weighted by atomic mass is 16.5. The second-order valence-electron chi connectivity index (χ2n) is 4.26. The van der Waals surface area contributed by atoms with E-state index < -0.39 is 0 Å². The molecule has 6 heteroatoms. The fraction of sp³-hybridized carbons (Fsp3) is 0.333. The summed E-state index contributed by atoms with van der Waals surface area (Å²) in [7, 11) is 1.60. The van der Waals surface area contributed by atoms with Crippen molar-refractivity contribution in [1.82, 2.24) is 10.6 Å². The molecule has 6 nitrogen and oxygen atoms in total. The molecule has 0 aliphatic heterocycles. The Morgan fingerprint density at radius 2 is 2.10 bits per heavy atom. The number of benzene rings is 1. The maximum absolute atomic E-state index is 12.0. The number of ether oxygens (including phenoxy) is 1. The van der Waals surface area contributed by atoms with Gasteiger partial charge >= 0.3 is 0 Å². The Morgan fingerprint density at radius 1 is 1.33 bits per heavy atom. The Kier molecular flexibility index (Phi) is 7.78. The molecule has 0 heterocycles. The standard InChI is InChI=1S/C15H21N3O3/c1-3-8-17-15(20)12-6-4-5-7-13(12)18-14(19)11-16-9-10-21-2/h3-7,16H,1,8-11H2,2H3,(H,17,20)(H,18,19). The van der Waals surface area contributed by atoms with Gasteiger partial charge in [0.1, 0.15) is 0 Å². The van der Waals surface area contributed by atoms with Crippen molar-refractivity contribution >= 4 is 17.5 Å². The number of nitrogens with one attached hydrogen (secondary N) is 3. The van der Waals surface area contributed by atoms with E-state index in [4.69, 9.17) is 4.74 Å². The SMILES string of the molecule is C=CCNC(=O)c1ccccc1NC(=O)CNCCOC. The molecular formula is C15H21N3O3. The van der Waals surface area contributed by atoms with E-state index >= 15 is 0 Å². The predicted molar refractivity (Wildman–Crippen MR) is 82.3 cm³/mol. The molecule has 114 valence electrons. The molecule has 1 rings (SSSR count). The summed E-state index contributed by atoms with van der Waals surface area (Å²) in [4.78, 5) is 23.8. The van der Waals surface area contributed by atoms with Gasteiger partial charge in [0.05, 0.1) is 24.4 Å². The Hall–Kier alpha value is -2.18. The molecule has 0 aromatic heterocycles. The van der Waals surface area contributed by atoms with Crippen LogP contribution in [0.4, 0.5) is 5.69 Å². The van der Waals surface area contributed by atoms with Gasteiger partial charge in [0.25, 0.3) is 5.91 Å². The molecule has 0 radical (unpaired) electrons. The maximum atomic E-state index is 12.0. The third-order valence-corrected chi connectivity index (χ3v) is 2.62. The fourth-order valence-corrected chi connectivity index (χ4v) is 1.62. The molecule has 0 saturated carbocycles. The summed E-state index contributed by atoms with van der Waals surface area (Å²) in [5, 5.41) is 8.34. The molecule has 0 aliphatic rings. The third-order valence-electron chi connectivity index (χ3n) is 2.62. The van der Waals surface area contributed by atoms with Crippen molar-refractivity contribution in [3.05, 3.63) is 42.5 Å². The molecule has 3 N–H and O–H groups in total. The van der Waals surface area contributed by atoms with Crippen molar-refractivity contribution in [2.45, 2.75) is 0 Å². The number of rotatable bonds is 9. The van der Waals surface area contributed by atoms with E-state index in [0.29, 0.717) is 30.9 Å². The van der Waals surface area contributed by atoms with Crippen LogP contribution in [0.1, 0.15) is 10.4 Å². The molecular weight excluding hydrogens is 270 g/mol. The quantitative estimate of drug-likeness (QED) is 0.464. The number of hydrogen-bond acceptors (Lipinski definition) is 4. The van der Waals surface area contributed by atoms with Crippen LogP contribution in [-0.2, 0) is 9.53 Å². The van der Waals surface area contributed by atoms with Gasteiger partial charge in [-0.2, -0.15) is 0 Å². The number of para-hydroxylation sites is 1. The zero-order chi connectivity index (χ0) is 15.5. The topological polar surface area (TPSA) is 79.5 Å². The highest BCUT2D eigenvalue weighted by Crippen LogP contribution is 2.14. The summed E-state index contributed by atoms with van der Waals surface area (Å²) in [6.07, 6.45) is 1.60. The van der Waals surface area contributed by atoms with E-state index in [1.54, 1.807) is 37.5 Å². The van der Waals surface area contributed by atoms with E-state index in [1.165, 1.54) is 0 Å². The van der Waals surface area contributed by atoms with Gasteiger partial charge in [0.15, 0.2) is 0 Å². The first-order chi connectivity index (χ1) is 10.2. The number of carbonyl (C=O) groups excluding carboxylic acids is 2. The molecule has 21 heavy (non-hydrogen) atoms. The summed E-state index contributed by atoms with van der Waals surface area (Å²) >= 11 is 0. The van der Waals surface area contributed by atoms with Crippen LogP contribution in [-0.4, -0.2) is 45.2 Å². The van der Waals surface area contributed by atoms with E-state index in [0.717, 1.165) is 0 Å². The number of anilines is 1. The van der Waals surface area contributed by atoms with Gasteiger partial charge in [-0.3, -0.25) is 9.59 Å². The van der Waals surface area contributed by atoms with Crippen LogP contribution < -0.4 is 16.0 Å². The third kappa shape index (κ3) is 6.20. The summed E-state index contributed by atoms with van der Waals surface area (Å²) < 4.78 is 4.87. The first-order valence-corrected chi connectivity index (χ1v) is 6.66. The van der Waals surface area contributed by atoms with Gasteiger partial charge < -0.3 is 20.7 Å². The second kappa shape index (κ2) is 9.68. The lowest BCUT2D eigenvalue weighted by Gasteiger charge is -2.11. The maximum Gasteiger partial charge on any atom is 0.253 e. The Labute approximate surface area is 124 Å². The number of methoxy groups -OCH3 is 1. The van der Waals surface area contributed by atoms with E-state index in [9.17, 15) is 9.59 Å². The zero-order valence-electron chi connectivity index (χ0n) is 12.1. The summed E-state index contributed by atoms with van der Waals surface area (Å²) in [5.41, 5.74) is 0.905. The fourth-order valence-electron chi connectivity index (χ4n) is 1.62. The van der Waals surface area contributed by atoms with Crippen LogP contribution in [0.3, 0.4) is 0 Å². The molecule has 0 unspecified atom stereocenters. The normalized spacial score (nSPS) is 9.95. The van der Waals surface area contributed by atoms with Crippen molar-refractivity contribution in [2.24, 2.45) is 0 Å². The van der Waals surface area contributed by atoms with Crippen LogP contribution in [0.5, 0.6) is 0 Å². The minimum absolute atomic E-state index is 0.159. The van der Waals surface area contributed by atoms with Crippen LogP contribution in [0.15, 0.2) is 36.9 Å². The smallest absolute Gasteiger partial charge is 0.253 e. The van der Waals surface area contributed by atoms with Crippen LogP contribution in [0.2, 0.25) is 0 Å². The number of amides is 2. The lowest BCUT2D eigenvalue weighted by molar-refractivity contribution is -0.115. The van der Waals surface area contributed by atoms with Gasteiger partial charge in [-0.1, -0.05) is 18.2 Å². The van der Waals surface area contributed by atoms with Gasteiger partial charge in [-0.25, -0.2) is 0 Å². The van der Waals surface area contributed by atoms with Crippen LogP contribution in [0, 0.1) is 0 Å². The molecule has 1 aromatic rings.